The Morgan fingerprint density at radius 3 is 2.32 bits per heavy atom. The SMILES string of the molecule is COc1ccc([C@@H]2C[C@@H](c3ccncc3)C(C#N)=C(c3ccccc3)O2)cc1. The average Bonchev–Trinajstić information content (AvgIpc) is 2.79. The lowest BCUT2D eigenvalue weighted by Gasteiger charge is -2.32. The van der Waals surface area contributed by atoms with Crippen LogP contribution in [-0.2, 0) is 4.74 Å². The van der Waals surface area contributed by atoms with Crippen molar-refractivity contribution in [1.82, 2.24) is 4.98 Å². The Hall–Kier alpha value is -3.58. The van der Waals surface area contributed by atoms with E-state index < -0.39 is 0 Å². The van der Waals surface area contributed by atoms with Crippen molar-refractivity contribution in [1.29, 1.82) is 5.26 Å². The van der Waals surface area contributed by atoms with E-state index in [-0.39, 0.29) is 12.0 Å². The summed E-state index contributed by atoms with van der Waals surface area (Å²) in [4.78, 5) is 4.12. The molecule has 2 heterocycles. The number of nitriles is 1. The van der Waals surface area contributed by atoms with Crippen molar-refractivity contribution in [3.8, 4) is 11.8 Å². The topological polar surface area (TPSA) is 55.1 Å². The molecule has 1 aliphatic heterocycles. The van der Waals surface area contributed by atoms with Gasteiger partial charge in [0.05, 0.1) is 18.8 Å². The van der Waals surface area contributed by atoms with Crippen LogP contribution in [0, 0.1) is 11.3 Å². The fourth-order valence-electron chi connectivity index (χ4n) is 3.61. The third kappa shape index (κ3) is 3.47. The molecule has 28 heavy (non-hydrogen) atoms. The minimum Gasteiger partial charge on any atom is -0.497 e. The molecule has 3 aromatic rings. The van der Waals surface area contributed by atoms with Gasteiger partial charge in [-0.3, -0.25) is 4.98 Å². The Bertz CT molecular complexity index is 1010. The second-order valence-electron chi connectivity index (χ2n) is 6.67. The zero-order chi connectivity index (χ0) is 19.3. The van der Waals surface area contributed by atoms with Gasteiger partial charge in [-0.15, -0.1) is 0 Å². The number of aromatic nitrogens is 1. The second-order valence-corrected chi connectivity index (χ2v) is 6.67. The number of benzene rings is 2. The quantitative estimate of drug-likeness (QED) is 0.629. The van der Waals surface area contributed by atoms with Gasteiger partial charge in [0.15, 0.2) is 0 Å². The molecule has 0 saturated carbocycles. The van der Waals surface area contributed by atoms with Crippen molar-refractivity contribution < 1.29 is 9.47 Å². The largest absolute Gasteiger partial charge is 0.497 e. The summed E-state index contributed by atoms with van der Waals surface area (Å²) in [6.07, 6.45) is 4.07. The van der Waals surface area contributed by atoms with E-state index in [1.807, 2.05) is 66.7 Å². The highest BCUT2D eigenvalue weighted by Crippen LogP contribution is 2.45. The van der Waals surface area contributed by atoms with Gasteiger partial charge in [-0.1, -0.05) is 42.5 Å². The lowest BCUT2D eigenvalue weighted by atomic mass is 9.82. The molecular formula is C24H20N2O2. The molecule has 4 nitrogen and oxygen atoms in total. The predicted octanol–water partition coefficient (Wildman–Crippen LogP) is 5.27. The van der Waals surface area contributed by atoms with Crippen LogP contribution in [0.25, 0.3) is 5.76 Å². The van der Waals surface area contributed by atoms with Crippen molar-refractivity contribution in [3.05, 3.63) is 101 Å². The maximum Gasteiger partial charge on any atom is 0.141 e. The van der Waals surface area contributed by atoms with E-state index in [4.69, 9.17) is 9.47 Å². The van der Waals surface area contributed by atoms with Crippen molar-refractivity contribution in [2.45, 2.75) is 18.4 Å². The van der Waals surface area contributed by atoms with Crippen molar-refractivity contribution in [2.75, 3.05) is 7.11 Å². The van der Waals surface area contributed by atoms with E-state index in [0.717, 1.165) is 22.4 Å². The molecular weight excluding hydrogens is 348 g/mol. The van der Waals surface area contributed by atoms with Gasteiger partial charge in [-0.05, 0) is 35.4 Å². The molecule has 0 spiro atoms. The van der Waals surface area contributed by atoms with Crippen LogP contribution in [0.4, 0.5) is 0 Å². The highest BCUT2D eigenvalue weighted by Gasteiger charge is 2.33. The average molecular weight is 368 g/mol. The monoisotopic (exact) mass is 368 g/mol. The molecule has 138 valence electrons. The number of rotatable bonds is 4. The first-order chi connectivity index (χ1) is 13.8. The highest BCUT2D eigenvalue weighted by molar-refractivity contribution is 5.70. The summed E-state index contributed by atoms with van der Waals surface area (Å²) in [5.41, 5.74) is 3.70. The van der Waals surface area contributed by atoms with Crippen LogP contribution in [0.3, 0.4) is 0 Å². The highest BCUT2D eigenvalue weighted by atomic mass is 16.5. The molecule has 0 saturated heterocycles. The summed E-state index contributed by atoms with van der Waals surface area (Å²) in [5, 5.41) is 9.96. The zero-order valence-corrected chi connectivity index (χ0v) is 15.6. The van der Waals surface area contributed by atoms with E-state index in [0.29, 0.717) is 17.8 Å². The smallest absolute Gasteiger partial charge is 0.141 e. The Balaban J connectivity index is 1.80. The first-order valence-corrected chi connectivity index (χ1v) is 9.20. The summed E-state index contributed by atoms with van der Waals surface area (Å²) < 4.78 is 11.7. The lowest BCUT2D eigenvalue weighted by molar-refractivity contribution is 0.138. The molecule has 0 bridgehead atoms. The van der Waals surface area contributed by atoms with Crippen LogP contribution in [0.2, 0.25) is 0 Å². The Morgan fingerprint density at radius 2 is 1.68 bits per heavy atom. The summed E-state index contributed by atoms with van der Waals surface area (Å²) in [5.74, 6) is 1.41. The van der Waals surface area contributed by atoms with Crippen LogP contribution in [0.1, 0.15) is 35.1 Å². The number of methoxy groups -OCH3 is 1. The molecule has 4 rings (SSSR count). The maximum atomic E-state index is 9.96. The van der Waals surface area contributed by atoms with Gasteiger partial charge in [0.1, 0.15) is 17.6 Å². The van der Waals surface area contributed by atoms with Gasteiger partial charge in [0.2, 0.25) is 0 Å². The van der Waals surface area contributed by atoms with Crippen molar-refractivity contribution in [2.24, 2.45) is 0 Å². The zero-order valence-electron chi connectivity index (χ0n) is 15.6. The third-order valence-electron chi connectivity index (χ3n) is 5.06. The molecule has 0 N–H and O–H groups in total. The van der Waals surface area contributed by atoms with Gasteiger partial charge in [0, 0.05) is 30.3 Å². The van der Waals surface area contributed by atoms with Crippen LogP contribution in [-0.4, -0.2) is 12.1 Å². The molecule has 1 aromatic heterocycles. The Kier molecular flexibility index (Phi) is 5.07. The van der Waals surface area contributed by atoms with E-state index >= 15 is 0 Å². The summed E-state index contributed by atoms with van der Waals surface area (Å²) in [6.45, 7) is 0. The maximum absolute atomic E-state index is 9.96. The molecule has 0 amide bonds. The predicted molar refractivity (Wildman–Crippen MR) is 107 cm³/mol. The molecule has 1 aliphatic rings. The van der Waals surface area contributed by atoms with Gasteiger partial charge in [-0.25, -0.2) is 0 Å². The minimum absolute atomic E-state index is 0.0518. The van der Waals surface area contributed by atoms with Gasteiger partial charge in [-0.2, -0.15) is 5.26 Å². The lowest BCUT2D eigenvalue weighted by Crippen LogP contribution is -2.19. The summed E-state index contributed by atoms with van der Waals surface area (Å²) in [6, 6.07) is 24.1. The van der Waals surface area contributed by atoms with Gasteiger partial charge >= 0.3 is 0 Å². The van der Waals surface area contributed by atoms with Crippen LogP contribution >= 0.6 is 0 Å². The van der Waals surface area contributed by atoms with E-state index in [2.05, 4.69) is 11.1 Å². The van der Waals surface area contributed by atoms with E-state index in [9.17, 15) is 5.26 Å². The van der Waals surface area contributed by atoms with Crippen LogP contribution in [0.5, 0.6) is 5.75 Å². The molecule has 0 aliphatic carbocycles. The number of ether oxygens (including phenoxy) is 2. The second kappa shape index (κ2) is 7.98. The number of allylic oxidation sites excluding steroid dienone is 1. The number of hydrogen-bond donors (Lipinski definition) is 0. The number of hydrogen-bond acceptors (Lipinski definition) is 4. The standard InChI is InChI=1S/C24H20N2O2/c1-27-20-9-7-18(8-10-20)23-15-21(17-11-13-26-14-12-17)22(16-25)24(28-23)19-5-3-2-4-6-19/h2-14,21,23H,15H2,1H3/t21-,23-/m0/s1. The molecule has 2 aromatic carbocycles. The minimum atomic E-state index is -0.156. The first kappa shape index (κ1) is 17.8. The Labute approximate surface area is 164 Å². The van der Waals surface area contributed by atoms with Gasteiger partial charge < -0.3 is 9.47 Å². The normalized spacial score (nSPS) is 18.9. The Morgan fingerprint density at radius 1 is 0.964 bits per heavy atom. The molecule has 0 radical (unpaired) electrons. The number of nitrogens with zero attached hydrogens (tertiary/aromatic N) is 2. The summed E-state index contributed by atoms with van der Waals surface area (Å²) >= 11 is 0. The molecule has 4 heteroatoms. The van der Waals surface area contributed by atoms with Crippen molar-refractivity contribution >= 4 is 5.76 Å². The van der Waals surface area contributed by atoms with Gasteiger partial charge in [0.25, 0.3) is 0 Å². The fraction of sp³-hybridized carbons (Fsp3) is 0.167. The van der Waals surface area contributed by atoms with Crippen LogP contribution < -0.4 is 4.74 Å². The molecule has 0 unspecified atom stereocenters. The van der Waals surface area contributed by atoms with Crippen molar-refractivity contribution in [3.63, 3.8) is 0 Å². The molecule has 2 atom stereocenters. The summed E-state index contributed by atoms with van der Waals surface area (Å²) in [7, 11) is 1.65. The van der Waals surface area contributed by atoms with Crippen LogP contribution in [0.15, 0.2) is 84.7 Å². The molecule has 0 fully saturated rings. The van der Waals surface area contributed by atoms with E-state index in [1.54, 1.807) is 19.5 Å². The fourth-order valence-corrected chi connectivity index (χ4v) is 3.61. The first-order valence-electron chi connectivity index (χ1n) is 9.20. The number of pyridine rings is 1. The third-order valence-corrected chi connectivity index (χ3v) is 5.06. The van der Waals surface area contributed by atoms with E-state index in [1.165, 1.54) is 0 Å².